The first kappa shape index (κ1) is 17.7. The molecule has 0 atom stereocenters. The topological polar surface area (TPSA) is 131 Å². The molecule has 0 spiro atoms. The first-order valence-electron chi connectivity index (χ1n) is 9.19. The Balaban J connectivity index is 1.82. The fourth-order valence-corrected chi connectivity index (χ4v) is 3.40. The molecule has 0 saturated heterocycles. The van der Waals surface area contributed by atoms with Crippen molar-refractivity contribution in [1.29, 1.82) is 0 Å². The van der Waals surface area contributed by atoms with Gasteiger partial charge in [-0.15, -0.1) is 9.50 Å². The zero-order valence-electron chi connectivity index (χ0n) is 16.0. The molecule has 3 N–H and O–H groups in total. The summed E-state index contributed by atoms with van der Waals surface area (Å²) in [4.78, 5) is 20.4. The van der Waals surface area contributed by atoms with Gasteiger partial charge >= 0.3 is 11.6 Å². The van der Waals surface area contributed by atoms with Gasteiger partial charge in [0.15, 0.2) is 6.39 Å². The lowest BCUT2D eigenvalue weighted by molar-refractivity contribution is -0.351. The average Bonchev–Trinajstić information content (AvgIpc) is 3.32. The van der Waals surface area contributed by atoms with Gasteiger partial charge in [0.1, 0.15) is 17.1 Å². The van der Waals surface area contributed by atoms with Crippen molar-refractivity contribution < 1.29 is 9.40 Å². The highest BCUT2D eigenvalue weighted by molar-refractivity contribution is 5.88. The van der Waals surface area contributed by atoms with Crippen LogP contribution in [0.25, 0.3) is 28.0 Å². The van der Waals surface area contributed by atoms with E-state index < -0.39 is 0 Å². The van der Waals surface area contributed by atoms with E-state index in [4.69, 9.17) is 10.2 Å². The maximum Gasteiger partial charge on any atom is 0.411 e. The van der Waals surface area contributed by atoms with Gasteiger partial charge in [0, 0.05) is 11.1 Å². The predicted octanol–water partition coefficient (Wildman–Crippen LogP) is 1.36. The number of nitrogens with two attached hydrogens (primary N) is 1. The van der Waals surface area contributed by atoms with Gasteiger partial charge < -0.3 is 4.42 Å². The van der Waals surface area contributed by atoms with Crippen LogP contribution in [0.3, 0.4) is 0 Å². The van der Waals surface area contributed by atoms with E-state index in [1.807, 2.05) is 36.4 Å². The summed E-state index contributed by atoms with van der Waals surface area (Å²) in [5, 5.41) is 12.4. The molecule has 10 heteroatoms. The number of aromatic amines is 1. The lowest BCUT2D eigenvalue weighted by Crippen LogP contribution is -2.28. The van der Waals surface area contributed by atoms with E-state index in [9.17, 15) is 4.79 Å². The summed E-state index contributed by atoms with van der Waals surface area (Å²) in [5.74, 6) is 0.796. The summed E-state index contributed by atoms with van der Waals surface area (Å²) in [6.45, 7) is 1.95. The minimum atomic E-state index is -0.385. The van der Waals surface area contributed by atoms with Crippen LogP contribution in [-0.2, 0) is 6.54 Å². The number of rotatable bonds is 4. The van der Waals surface area contributed by atoms with Crippen LogP contribution in [0.15, 0.2) is 64.4 Å². The van der Waals surface area contributed by atoms with Crippen molar-refractivity contribution in [2.75, 3.05) is 5.73 Å². The van der Waals surface area contributed by atoms with Gasteiger partial charge in [-0.3, -0.25) is 5.73 Å². The van der Waals surface area contributed by atoms with Gasteiger partial charge in [0.2, 0.25) is 5.65 Å². The Labute approximate surface area is 169 Å². The molecule has 30 heavy (non-hydrogen) atoms. The van der Waals surface area contributed by atoms with E-state index in [0.29, 0.717) is 22.7 Å². The summed E-state index contributed by atoms with van der Waals surface area (Å²) < 4.78 is 7.90. The molecule has 5 aromatic rings. The Morgan fingerprint density at radius 1 is 1.13 bits per heavy atom. The van der Waals surface area contributed by atoms with Gasteiger partial charge in [-0.1, -0.05) is 30.3 Å². The molecule has 5 rings (SSSR count). The summed E-state index contributed by atoms with van der Waals surface area (Å²) in [6, 6.07) is 11.5. The van der Waals surface area contributed by atoms with E-state index in [1.54, 1.807) is 19.3 Å². The molecule has 0 radical (unpaired) electrons. The predicted molar refractivity (Wildman–Crippen MR) is 107 cm³/mol. The number of hydrogen-bond donors (Lipinski definition) is 1. The Morgan fingerprint density at radius 2 is 1.97 bits per heavy atom. The third-order valence-electron chi connectivity index (χ3n) is 4.89. The lowest BCUT2D eigenvalue weighted by Gasteiger charge is -2.08. The largest absolute Gasteiger partial charge is 0.448 e. The first-order chi connectivity index (χ1) is 14.6. The molecular formula is C20H17N8O2+. The number of aryl methyl sites for hydroxylation is 1. The Kier molecular flexibility index (Phi) is 4.09. The zero-order chi connectivity index (χ0) is 20.7. The van der Waals surface area contributed by atoms with Crippen LogP contribution in [-0.4, -0.2) is 29.4 Å². The molecule has 10 nitrogen and oxygen atoms in total. The standard InChI is InChI=1S/C20H16N8O2/c1-12-15(22-11-30-12)10-27-20(29)28-18(26-27)16(14-7-8-23-24-9-14)17(25-19(28)21)13-5-3-2-4-6-13/h2-9,11H,10H2,1H3,(H2,21,25)/p+1. The number of hydrogen-bond acceptors (Lipinski definition) is 7. The van der Waals surface area contributed by atoms with Crippen molar-refractivity contribution in [3.63, 3.8) is 0 Å². The number of nitrogen functional groups attached to an aromatic ring is 1. The van der Waals surface area contributed by atoms with Crippen LogP contribution in [0.5, 0.6) is 0 Å². The highest BCUT2D eigenvalue weighted by Crippen LogP contribution is 2.31. The number of aromatic nitrogens is 7. The SMILES string of the molecule is Cc1ocnc1Cn1nc2c(-c3ccnnc3)c(-c3ccccc3)[nH+]c(N)n2c1=O. The van der Waals surface area contributed by atoms with Crippen molar-refractivity contribution in [2.45, 2.75) is 13.5 Å². The molecule has 0 saturated carbocycles. The van der Waals surface area contributed by atoms with Crippen LogP contribution >= 0.6 is 0 Å². The quantitative estimate of drug-likeness (QED) is 0.481. The second-order valence-electron chi connectivity index (χ2n) is 6.71. The average molecular weight is 401 g/mol. The molecule has 0 aliphatic heterocycles. The monoisotopic (exact) mass is 401 g/mol. The highest BCUT2D eigenvalue weighted by atomic mass is 16.3. The van der Waals surface area contributed by atoms with Gasteiger partial charge in [0.05, 0.1) is 24.5 Å². The number of oxazole rings is 1. The Hall–Kier alpha value is -4.34. The van der Waals surface area contributed by atoms with Gasteiger partial charge in [-0.2, -0.15) is 14.9 Å². The van der Waals surface area contributed by atoms with E-state index in [0.717, 1.165) is 16.8 Å². The van der Waals surface area contributed by atoms with E-state index in [1.165, 1.54) is 15.5 Å². The Bertz CT molecular complexity index is 1400. The fraction of sp³-hybridized carbons (Fsp3) is 0.100. The summed E-state index contributed by atoms with van der Waals surface area (Å²) in [6.07, 6.45) is 4.55. The van der Waals surface area contributed by atoms with E-state index >= 15 is 0 Å². The second-order valence-corrected chi connectivity index (χ2v) is 6.71. The van der Waals surface area contributed by atoms with Crippen molar-refractivity contribution in [3.8, 4) is 22.4 Å². The van der Waals surface area contributed by atoms with Crippen molar-refractivity contribution in [3.05, 3.63) is 77.1 Å². The molecule has 148 valence electrons. The third-order valence-corrected chi connectivity index (χ3v) is 4.89. The first-order valence-corrected chi connectivity index (χ1v) is 9.19. The number of anilines is 1. The minimum Gasteiger partial charge on any atom is -0.448 e. The van der Waals surface area contributed by atoms with E-state index in [-0.39, 0.29) is 18.2 Å². The van der Waals surface area contributed by atoms with Crippen LogP contribution < -0.4 is 16.4 Å². The number of fused-ring (bicyclic) bond motifs is 1. The minimum absolute atomic E-state index is 0.164. The van der Waals surface area contributed by atoms with Gasteiger partial charge in [-0.05, 0) is 13.0 Å². The van der Waals surface area contributed by atoms with Crippen LogP contribution in [0.1, 0.15) is 11.5 Å². The van der Waals surface area contributed by atoms with Gasteiger partial charge in [-0.25, -0.2) is 14.8 Å². The molecule has 4 aromatic heterocycles. The molecule has 0 fully saturated rings. The molecular weight excluding hydrogens is 384 g/mol. The third kappa shape index (κ3) is 2.82. The summed E-state index contributed by atoms with van der Waals surface area (Å²) in [5.41, 5.74) is 9.96. The highest BCUT2D eigenvalue weighted by Gasteiger charge is 2.26. The fourth-order valence-electron chi connectivity index (χ4n) is 3.40. The Morgan fingerprint density at radius 3 is 2.67 bits per heavy atom. The lowest BCUT2D eigenvalue weighted by atomic mass is 10.0. The number of benzene rings is 1. The molecule has 0 amide bonds. The van der Waals surface area contributed by atoms with Crippen molar-refractivity contribution >= 4 is 11.6 Å². The normalized spacial score (nSPS) is 11.2. The number of nitrogens with one attached hydrogen (secondary N) is 1. The molecule has 1 aromatic carbocycles. The van der Waals surface area contributed by atoms with Crippen molar-refractivity contribution in [1.82, 2.24) is 29.4 Å². The summed E-state index contributed by atoms with van der Waals surface area (Å²) in [7, 11) is 0. The molecule has 0 unspecified atom stereocenters. The molecule has 0 aliphatic carbocycles. The maximum atomic E-state index is 13.1. The second kappa shape index (κ2) is 6.92. The van der Waals surface area contributed by atoms with Crippen molar-refractivity contribution in [2.24, 2.45) is 0 Å². The van der Waals surface area contributed by atoms with E-state index in [2.05, 4.69) is 25.3 Å². The zero-order valence-corrected chi connectivity index (χ0v) is 16.0. The number of H-pyrrole nitrogens is 1. The van der Waals surface area contributed by atoms with Crippen LogP contribution in [0, 0.1) is 6.92 Å². The van der Waals surface area contributed by atoms with Gasteiger partial charge in [0.25, 0.3) is 0 Å². The maximum absolute atomic E-state index is 13.1. The summed E-state index contributed by atoms with van der Waals surface area (Å²) >= 11 is 0. The molecule has 4 heterocycles. The van der Waals surface area contributed by atoms with Crippen LogP contribution in [0.4, 0.5) is 5.95 Å². The number of nitrogens with zero attached hydrogens (tertiary/aromatic N) is 6. The smallest absolute Gasteiger partial charge is 0.411 e. The molecule has 0 bridgehead atoms. The van der Waals surface area contributed by atoms with Crippen LogP contribution in [0.2, 0.25) is 0 Å². The molecule has 0 aliphatic rings.